The number of nitrogens with one attached hydrogen (secondary N) is 1. The molecule has 0 aromatic heterocycles. The third-order valence-electron chi connectivity index (χ3n) is 2.78. The van der Waals surface area contributed by atoms with Crippen molar-refractivity contribution in [2.24, 2.45) is 0 Å². The van der Waals surface area contributed by atoms with Crippen LogP contribution in [0.2, 0.25) is 0 Å². The number of rotatable bonds is 10. The molecule has 0 fully saturated rings. The van der Waals surface area contributed by atoms with Crippen molar-refractivity contribution in [3.05, 3.63) is 6.92 Å². The van der Waals surface area contributed by atoms with E-state index in [4.69, 9.17) is 0 Å². The van der Waals surface area contributed by atoms with Gasteiger partial charge in [0.25, 0.3) is 0 Å². The van der Waals surface area contributed by atoms with Gasteiger partial charge in [-0.3, -0.25) is 4.79 Å². The van der Waals surface area contributed by atoms with Gasteiger partial charge in [-0.05, 0) is 19.8 Å². The quantitative estimate of drug-likeness (QED) is 0.563. The number of unbranched alkanes of at least 4 members (excludes halogenated alkanes) is 5. The van der Waals surface area contributed by atoms with E-state index in [1.165, 1.54) is 25.7 Å². The van der Waals surface area contributed by atoms with Crippen LogP contribution in [0, 0.1) is 6.92 Å². The summed E-state index contributed by atoms with van der Waals surface area (Å²) in [5, 5.41) is 3.03. The molecular weight excluding hydrogens is 198 g/mol. The molecule has 16 heavy (non-hydrogen) atoms. The Morgan fingerprint density at radius 1 is 1.19 bits per heavy atom. The minimum atomic E-state index is 0.220. The molecule has 0 saturated heterocycles. The van der Waals surface area contributed by atoms with E-state index in [0.29, 0.717) is 12.5 Å². The molecule has 1 radical (unpaired) electrons. The Morgan fingerprint density at radius 2 is 1.81 bits per heavy atom. The summed E-state index contributed by atoms with van der Waals surface area (Å²) < 4.78 is 0. The van der Waals surface area contributed by atoms with Gasteiger partial charge in [-0.15, -0.1) is 0 Å². The Balaban J connectivity index is 3.30. The zero-order chi connectivity index (χ0) is 12.2. The fraction of sp³-hybridized carbons (Fsp3) is 0.857. The first-order valence-electron chi connectivity index (χ1n) is 6.79. The van der Waals surface area contributed by atoms with Crippen LogP contribution in [0.1, 0.15) is 71.6 Å². The fourth-order valence-electron chi connectivity index (χ4n) is 1.84. The molecule has 0 rings (SSSR count). The van der Waals surface area contributed by atoms with E-state index in [0.717, 1.165) is 25.7 Å². The van der Waals surface area contributed by atoms with Crippen molar-refractivity contribution < 1.29 is 4.79 Å². The number of hydrogen-bond acceptors (Lipinski definition) is 1. The van der Waals surface area contributed by atoms with Gasteiger partial charge in [0.2, 0.25) is 5.91 Å². The summed E-state index contributed by atoms with van der Waals surface area (Å²) in [4.78, 5) is 11.5. The molecule has 1 amide bonds. The lowest BCUT2D eigenvalue weighted by atomic mass is 10.1. The van der Waals surface area contributed by atoms with Gasteiger partial charge in [-0.1, -0.05) is 52.4 Å². The largest absolute Gasteiger partial charge is 0.354 e. The number of amides is 1. The molecule has 1 N–H and O–H groups in total. The first-order valence-corrected chi connectivity index (χ1v) is 6.79. The maximum absolute atomic E-state index is 11.5. The summed E-state index contributed by atoms with van der Waals surface area (Å²) in [7, 11) is 0. The number of carbonyl (C=O) groups is 1. The molecule has 0 aliphatic carbocycles. The fourth-order valence-corrected chi connectivity index (χ4v) is 1.84. The molecule has 2 nitrogen and oxygen atoms in total. The van der Waals surface area contributed by atoms with E-state index in [2.05, 4.69) is 26.1 Å². The number of hydrogen-bond donors (Lipinski definition) is 1. The van der Waals surface area contributed by atoms with Gasteiger partial charge < -0.3 is 5.32 Å². The Morgan fingerprint density at radius 3 is 2.44 bits per heavy atom. The maximum Gasteiger partial charge on any atom is 0.220 e. The van der Waals surface area contributed by atoms with Crippen LogP contribution in [0.4, 0.5) is 0 Å². The van der Waals surface area contributed by atoms with Crippen LogP contribution >= 0.6 is 0 Å². The summed E-state index contributed by atoms with van der Waals surface area (Å²) in [5.41, 5.74) is 0. The molecular formula is C14H28NO. The molecule has 1 atom stereocenters. The Kier molecular flexibility index (Phi) is 10.6. The predicted octanol–water partition coefficient (Wildman–Crippen LogP) is 3.86. The highest BCUT2D eigenvalue weighted by molar-refractivity contribution is 5.76. The van der Waals surface area contributed by atoms with Gasteiger partial charge >= 0.3 is 0 Å². The first-order chi connectivity index (χ1) is 7.70. The van der Waals surface area contributed by atoms with E-state index in [9.17, 15) is 4.79 Å². The van der Waals surface area contributed by atoms with Crippen LogP contribution in [0.5, 0.6) is 0 Å². The van der Waals surface area contributed by atoms with Crippen LogP contribution in [-0.2, 0) is 4.79 Å². The molecule has 2 heteroatoms. The van der Waals surface area contributed by atoms with Crippen molar-refractivity contribution in [1.82, 2.24) is 5.32 Å². The number of carbonyl (C=O) groups excluding carboxylic acids is 1. The maximum atomic E-state index is 11.5. The van der Waals surface area contributed by atoms with E-state index in [-0.39, 0.29) is 5.91 Å². The summed E-state index contributed by atoms with van der Waals surface area (Å²) in [6.07, 6.45) is 9.87. The van der Waals surface area contributed by atoms with Gasteiger partial charge in [0.1, 0.15) is 0 Å². The second-order valence-electron chi connectivity index (χ2n) is 4.63. The minimum absolute atomic E-state index is 0.220. The van der Waals surface area contributed by atoms with Crippen molar-refractivity contribution in [3.63, 3.8) is 0 Å². The molecule has 1 unspecified atom stereocenters. The van der Waals surface area contributed by atoms with Crippen molar-refractivity contribution >= 4 is 5.91 Å². The highest BCUT2D eigenvalue weighted by Crippen LogP contribution is 2.07. The standard InChI is InChI=1S/C14H28NO/c1-4-6-7-8-9-10-12-14(16)15-13(3)11-5-2/h13H,1,4-12H2,2-3H3,(H,15,16). The predicted molar refractivity (Wildman–Crippen MR) is 70.2 cm³/mol. The SMILES string of the molecule is [CH2]CCCCCCCC(=O)NC(C)CCC. The van der Waals surface area contributed by atoms with E-state index < -0.39 is 0 Å². The van der Waals surface area contributed by atoms with E-state index in [1.54, 1.807) is 0 Å². The highest BCUT2D eigenvalue weighted by Gasteiger charge is 2.05. The molecule has 0 bridgehead atoms. The zero-order valence-corrected chi connectivity index (χ0v) is 11.1. The van der Waals surface area contributed by atoms with Gasteiger partial charge in [-0.25, -0.2) is 0 Å². The lowest BCUT2D eigenvalue weighted by molar-refractivity contribution is -0.121. The average Bonchev–Trinajstić information content (AvgIpc) is 2.23. The van der Waals surface area contributed by atoms with Crippen molar-refractivity contribution in [1.29, 1.82) is 0 Å². The van der Waals surface area contributed by atoms with Gasteiger partial charge in [0, 0.05) is 12.5 Å². The van der Waals surface area contributed by atoms with Crippen LogP contribution in [-0.4, -0.2) is 11.9 Å². The zero-order valence-electron chi connectivity index (χ0n) is 11.1. The molecule has 0 aromatic carbocycles. The van der Waals surface area contributed by atoms with E-state index >= 15 is 0 Å². The Hall–Kier alpha value is -0.530. The topological polar surface area (TPSA) is 29.1 Å². The lowest BCUT2D eigenvalue weighted by Gasteiger charge is -2.12. The third kappa shape index (κ3) is 10.0. The van der Waals surface area contributed by atoms with Crippen molar-refractivity contribution in [3.8, 4) is 0 Å². The average molecular weight is 226 g/mol. The molecule has 0 saturated carbocycles. The van der Waals surface area contributed by atoms with Crippen LogP contribution in [0.15, 0.2) is 0 Å². The smallest absolute Gasteiger partial charge is 0.220 e. The molecule has 95 valence electrons. The molecule has 0 spiro atoms. The van der Waals surface area contributed by atoms with Crippen LogP contribution < -0.4 is 5.32 Å². The Labute approximate surface area is 101 Å². The van der Waals surface area contributed by atoms with Crippen molar-refractivity contribution in [2.45, 2.75) is 77.7 Å². The Bertz CT molecular complexity index is 168. The third-order valence-corrected chi connectivity index (χ3v) is 2.78. The summed E-state index contributed by atoms with van der Waals surface area (Å²) >= 11 is 0. The van der Waals surface area contributed by atoms with Crippen LogP contribution in [0.25, 0.3) is 0 Å². The monoisotopic (exact) mass is 226 g/mol. The summed E-state index contributed by atoms with van der Waals surface area (Å²) in [6, 6.07) is 0.337. The van der Waals surface area contributed by atoms with Crippen LogP contribution in [0.3, 0.4) is 0 Å². The second kappa shape index (κ2) is 11.0. The second-order valence-corrected chi connectivity index (χ2v) is 4.63. The minimum Gasteiger partial charge on any atom is -0.354 e. The highest BCUT2D eigenvalue weighted by atomic mass is 16.1. The van der Waals surface area contributed by atoms with E-state index in [1.807, 2.05) is 0 Å². The molecule has 0 heterocycles. The first kappa shape index (κ1) is 15.5. The molecule has 0 aromatic rings. The van der Waals surface area contributed by atoms with Gasteiger partial charge in [0.15, 0.2) is 0 Å². The summed E-state index contributed by atoms with van der Waals surface area (Å²) in [5.74, 6) is 0.220. The molecule has 0 aliphatic rings. The van der Waals surface area contributed by atoms with Crippen molar-refractivity contribution in [2.75, 3.05) is 0 Å². The lowest BCUT2D eigenvalue weighted by Crippen LogP contribution is -2.32. The normalized spacial score (nSPS) is 12.4. The molecule has 0 aliphatic heterocycles. The summed E-state index contributed by atoms with van der Waals surface area (Å²) in [6.45, 7) is 8.04. The van der Waals surface area contributed by atoms with Gasteiger partial charge in [0.05, 0.1) is 0 Å². The van der Waals surface area contributed by atoms with Gasteiger partial charge in [-0.2, -0.15) is 0 Å².